The largest absolute Gasteiger partial charge is 0.507 e. The molecular formula is C15H13IO3. The molecule has 0 aromatic heterocycles. The summed E-state index contributed by atoms with van der Waals surface area (Å²) in [5.74, 6) is -0.759. The van der Waals surface area contributed by atoms with Crippen molar-refractivity contribution < 1.29 is 15.0 Å². The number of benzene rings is 2. The molecule has 2 aromatic carbocycles. The Kier molecular flexibility index (Phi) is 3.80. The molecule has 1 unspecified atom stereocenters. The van der Waals surface area contributed by atoms with Gasteiger partial charge in [0.25, 0.3) is 0 Å². The zero-order valence-corrected chi connectivity index (χ0v) is 12.5. The van der Waals surface area contributed by atoms with Crippen LogP contribution >= 0.6 is 22.6 Å². The average Bonchev–Trinajstić information content (AvgIpc) is 2.41. The smallest absolute Gasteiger partial charge is 0.318 e. The maximum Gasteiger partial charge on any atom is 0.318 e. The van der Waals surface area contributed by atoms with Gasteiger partial charge in [-0.15, -0.1) is 0 Å². The molecule has 0 fully saturated rings. The van der Waals surface area contributed by atoms with E-state index in [4.69, 9.17) is 0 Å². The highest BCUT2D eigenvalue weighted by Gasteiger charge is 2.37. The maximum atomic E-state index is 11.8. The summed E-state index contributed by atoms with van der Waals surface area (Å²) in [4.78, 5) is 11.8. The average molecular weight is 368 g/mol. The molecule has 19 heavy (non-hydrogen) atoms. The predicted molar refractivity (Wildman–Crippen MR) is 81.4 cm³/mol. The van der Waals surface area contributed by atoms with E-state index < -0.39 is 11.4 Å². The van der Waals surface area contributed by atoms with E-state index in [2.05, 4.69) is 0 Å². The first kappa shape index (κ1) is 13.9. The van der Waals surface area contributed by atoms with Gasteiger partial charge in [0, 0.05) is 0 Å². The van der Waals surface area contributed by atoms with Gasteiger partial charge < -0.3 is 10.2 Å². The highest BCUT2D eigenvalue weighted by Crippen LogP contribution is 2.34. The Bertz CT molecular complexity index is 610. The number of phenols is 1. The van der Waals surface area contributed by atoms with Crippen molar-refractivity contribution in [3.05, 3.63) is 63.2 Å². The molecule has 0 aliphatic carbocycles. The highest BCUT2D eigenvalue weighted by molar-refractivity contribution is 14.1. The van der Waals surface area contributed by atoms with Gasteiger partial charge in [-0.3, -0.25) is 4.79 Å². The van der Waals surface area contributed by atoms with E-state index in [1.165, 1.54) is 6.07 Å². The van der Waals surface area contributed by atoms with Crippen molar-refractivity contribution in [2.45, 2.75) is 12.3 Å². The molecule has 0 radical (unpaired) electrons. The Hall–Kier alpha value is -1.56. The van der Waals surface area contributed by atoms with Crippen molar-refractivity contribution in [1.29, 1.82) is 0 Å². The minimum Gasteiger partial charge on any atom is -0.507 e. The summed E-state index contributed by atoms with van der Waals surface area (Å²) in [6.07, 6.45) is 0. The van der Waals surface area contributed by atoms with Crippen LogP contribution in [0.15, 0.2) is 48.5 Å². The Balaban J connectivity index is 2.63. The van der Waals surface area contributed by atoms with Gasteiger partial charge in [0.05, 0.1) is 3.57 Å². The lowest BCUT2D eigenvalue weighted by atomic mass is 9.76. The summed E-state index contributed by atoms with van der Waals surface area (Å²) in [5.41, 5.74) is 0.229. The number of phenolic OH excluding ortho intramolecular Hbond substituents is 1. The van der Waals surface area contributed by atoms with Gasteiger partial charge in [-0.25, -0.2) is 0 Å². The summed E-state index contributed by atoms with van der Waals surface area (Å²) in [6, 6.07) is 14.0. The number of carbonyl (C=O) groups is 1. The fraction of sp³-hybridized carbons (Fsp3) is 0.133. The number of aliphatic carboxylic acids is 1. The lowest BCUT2D eigenvalue weighted by Gasteiger charge is -2.26. The fourth-order valence-electron chi connectivity index (χ4n) is 2.00. The van der Waals surface area contributed by atoms with Crippen LogP contribution in [0.2, 0.25) is 0 Å². The summed E-state index contributed by atoms with van der Waals surface area (Å²) in [6.45, 7) is 1.67. The van der Waals surface area contributed by atoms with Gasteiger partial charge >= 0.3 is 5.97 Å². The van der Waals surface area contributed by atoms with Crippen molar-refractivity contribution in [2.24, 2.45) is 0 Å². The number of carboxylic acid groups (broad SMARTS) is 1. The van der Waals surface area contributed by atoms with Gasteiger partial charge in [-0.1, -0.05) is 36.4 Å². The molecule has 0 saturated heterocycles. The third-order valence-electron chi connectivity index (χ3n) is 3.30. The molecule has 2 rings (SSSR count). The Morgan fingerprint density at radius 2 is 1.74 bits per heavy atom. The van der Waals surface area contributed by atoms with Crippen LogP contribution in [0, 0.1) is 3.57 Å². The standard InChI is InChI=1S/C15H13IO3/c1-15(14(18)19,10-5-3-2-4-6-10)11-7-8-13(17)12(16)9-11/h2-9,17H,1H3,(H,18,19). The predicted octanol–water partition coefficient (Wildman–Crippen LogP) is 3.39. The molecule has 0 bridgehead atoms. The molecule has 2 N–H and O–H groups in total. The van der Waals surface area contributed by atoms with Crippen LogP contribution in [-0.4, -0.2) is 16.2 Å². The number of hydrogen-bond donors (Lipinski definition) is 2. The van der Waals surface area contributed by atoms with Crippen LogP contribution < -0.4 is 0 Å². The van der Waals surface area contributed by atoms with E-state index in [1.807, 2.05) is 40.8 Å². The zero-order valence-electron chi connectivity index (χ0n) is 10.3. The van der Waals surface area contributed by atoms with Crippen molar-refractivity contribution in [2.75, 3.05) is 0 Å². The summed E-state index contributed by atoms with van der Waals surface area (Å²) in [5, 5.41) is 19.2. The third-order valence-corrected chi connectivity index (χ3v) is 4.17. The normalized spacial score (nSPS) is 13.8. The van der Waals surface area contributed by atoms with E-state index >= 15 is 0 Å². The second kappa shape index (κ2) is 5.21. The Labute approximate surface area is 125 Å². The molecule has 0 saturated carbocycles. The molecule has 1 atom stereocenters. The number of hydrogen-bond acceptors (Lipinski definition) is 2. The van der Waals surface area contributed by atoms with Crippen molar-refractivity contribution >= 4 is 28.6 Å². The van der Waals surface area contributed by atoms with Crippen molar-refractivity contribution in [1.82, 2.24) is 0 Å². The van der Waals surface area contributed by atoms with Crippen LogP contribution in [0.5, 0.6) is 5.75 Å². The van der Waals surface area contributed by atoms with Crippen LogP contribution in [0.4, 0.5) is 0 Å². The molecule has 0 aliphatic rings. The van der Waals surface area contributed by atoms with Crippen LogP contribution in [0.1, 0.15) is 18.1 Å². The minimum absolute atomic E-state index is 0.158. The zero-order chi connectivity index (χ0) is 14.0. The second-order valence-electron chi connectivity index (χ2n) is 4.46. The van der Waals surface area contributed by atoms with E-state index in [1.54, 1.807) is 31.2 Å². The summed E-state index contributed by atoms with van der Waals surface area (Å²) in [7, 11) is 0. The Morgan fingerprint density at radius 1 is 1.11 bits per heavy atom. The minimum atomic E-state index is -1.13. The third kappa shape index (κ3) is 2.45. The van der Waals surface area contributed by atoms with Gasteiger partial charge in [0.2, 0.25) is 0 Å². The molecule has 0 aliphatic heterocycles. The van der Waals surface area contributed by atoms with Crippen LogP contribution in [-0.2, 0) is 10.2 Å². The van der Waals surface area contributed by atoms with Crippen LogP contribution in [0.3, 0.4) is 0 Å². The molecule has 0 amide bonds. The number of halogens is 1. The lowest BCUT2D eigenvalue weighted by molar-refractivity contribution is -0.141. The SMILES string of the molecule is CC(C(=O)O)(c1ccccc1)c1ccc(O)c(I)c1. The second-order valence-corrected chi connectivity index (χ2v) is 5.62. The molecule has 98 valence electrons. The Morgan fingerprint density at radius 3 is 2.26 bits per heavy atom. The fourth-order valence-corrected chi connectivity index (χ4v) is 2.52. The van der Waals surface area contributed by atoms with Crippen molar-refractivity contribution in [3.63, 3.8) is 0 Å². The van der Waals surface area contributed by atoms with Crippen molar-refractivity contribution in [3.8, 4) is 5.75 Å². The quantitative estimate of drug-likeness (QED) is 0.817. The molecular weight excluding hydrogens is 355 g/mol. The van der Waals surface area contributed by atoms with Gasteiger partial charge in [-0.2, -0.15) is 0 Å². The first-order chi connectivity index (χ1) is 8.96. The van der Waals surface area contributed by atoms with Gasteiger partial charge in [0.1, 0.15) is 11.2 Å². The number of aromatic hydroxyl groups is 1. The van der Waals surface area contributed by atoms with Crippen LogP contribution in [0.25, 0.3) is 0 Å². The number of carboxylic acids is 1. The first-order valence-electron chi connectivity index (χ1n) is 5.74. The number of rotatable bonds is 3. The maximum absolute atomic E-state index is 11.8. The molecule has 3 nitrogen and oxygen atoms in total. The monoisotopic (exact) mass is 368 g/mol. The molecule has 0 spiro atoms. The van der Waals surface area contributed by atoms with Gasteiger partial charge in [0.15, 0.2) is 0 Å². The topological polar surface area (TPSA) is 57.5 Å². The van der Waals surface area contributed by atoms with E-state index in [0.717, 1.165) is 0 Å². The molecule has 4 heteroatoms. The highest BCUT2D eigenvalue weighted by atomic mass is 127. The summed E-state index contributed by atoms with van der Waals surface area (Å²) >= 11 is 1.99. The summed E-state index contributed by atoms with van der Waals surface area (Å²) < 4.78 is 0.638. The van der Waals surface area contributed by atoms with Gasteiger partial charge in [-0.05, 0) is 52.8 Å². The van der Waals surface area contributed by atoms with E-state index in [9.17, 15) is 15.0 Å². The lowest BCUT2D eigenvalue weighted by Crippen LogP contribution is -2.33. The molecule has 0 heterocycles. The van der Waals surface area contributed by atoms with E-state index in [0.29, 0.717) is 14.7 Å². The van der Waals surface area contributed by atoms with E-state index in [-0.39, 0.29) is 5.75 Å². The first-order valence-corrected chi connectivity index (χ1v) is 6.82. The molecule has 2 aromatic rings.